The van der Waals surface area contributed by atoms with E-state index in [1.54, 1.807) is 0 Å². The molecule has 138 valence electrons. The summed E-state index contributed by atoms with van der Waals surface area (Å²) in [6.07, 6.45) is 2.24. The molecule has 0 bridgehead atoms. The van der Waals surface area contributed by atoms with Crippen LogP contribution in [0.15, 0.2) is 46.3 Å². The van der Waals surface area contributed by atoms with Gasteiger partial charge in [-0.25, -0.2) is 21.2 Å². The molecule has 0 saturated heterocycles. The number of anilines is 1. The second kappa shape index (κ2) is 6.41. The Morgan fingerprint density at radius 1 is 1.04 bits per heavy atom. The molecule has 0 saturated carbocycles. The van der Waals surface area contributed by atoms with Crippen molar-refractivity contribution < 1.29 is 21.2 Å². The molecule has 0 unspecified atom stereocenters. The van der Waals surface area contributed by atoms with Crippen LogP contribution in [0.5, 0.6) is 0 Å². The van der Waals surface area contributed by atoms with Crippen molar-refractivity contribution in [3.8, 4) is 0 Å². The van der Waals surface area contributed by atoms with E-state index in [1.165, 1.54) is 18.3 Å². The molecule has 0 aliphatic rings. The van der Waals surface area contributed by atoms with E-state index in [0.717, 1.165) is 24.5 Å². The minimum atomic E-state index is -4.20. The average molecular weight is 437 g/mol. The minimum absolute atomic E-state index is 0.154. The molecule has 2 N–H and O–H groups in total. The molecule has 1 aromatic heterocycles. The van der Waals surface area contributed by atoms with Crippen LogP contribution in [0.25, 0.3) is 10.9 Å². The maximum Gasteiger partial charge on any atom is 0.262 e. The van der Waals surface area contributed by atoms with Gasteiger partial charge >= 0.3 is 0 Å². The number of sulfonamides is 1. The molecule has 3 rings (SSSR count). The SMILES string of the molecule is CS(=O)(=O)c1cc(S(=O)(=O)Nc2ccc(Cl)c3c(Cl)c[nH]c23)ccc1F. The van der Waals surface area contributed by atoms with Gasteiger partial charge in [-0.05, 0) is 30.3 Å². The van der Waals surface area contributed by atoms with Crippen molar-refractivity contribution in [3.05, 3.63) is 52.4 Å². The molecule has 0 fully saturated rings. The average Bonchev–Trinajstić information content (AvgIpc) is 2.92. The fourth-order valence-corrected chi connectivity index (χ4v) is 4.89. The van der Waals surface area contributed by atoms with Crippen molar-refractivity contribution in [2.45, 2.75) is 9.79 Å². The first-order valence-corrected chi connectivity index (χ1v) is 11.1. The van der Waals surface area contributed by atoms with Crippen LogP contribution in [0.4, 0.5) is 10.1 Å². The number of benzene rings is 2. The van der Waals surface area contributed by atoms with Crippen LogP contribution >= 0.6 is 23.2 Å². The fourth-order valence-electron chi connectivity index (χ4n) is 2.39. The molecule has 0 aliphatic carbocycles. The largest absolute Gasteiger partial charge is 0.358 e. The Kier molecular flexibility index (Phi) is 4.68. The molecule has 2 aromatic carbocycles. The summed E-state index contributed by atoms with van der Waals surface area (Å²) in [6, 6.07) is 5.42. The number of hydrogen-bond acceptors (Lipinski definition) is 4. The first-order valence-electron chi connectivity index (χ1n) is 6.98. The molecule has 0 amide bonds. The number of fused-ring (bicyclic) bond motifs is 1. The Balaban J connectivity index is 2.10. The number of nitrogens with one attached hydrogen (secondary N) is 2. The van der Waals surface area contributed by atoms with Crippen LogP contribution in [-0.4, -0.2) is 28.1 Å². The third kappa shape index (κ3) is 3.39. The highest BCUT2D eigenvalue weighted by molar-refractivity contribution is 7.93. The predicted octanol–water partition coefficient (Wildman–Crippen LogP) is 3.82. The summed E-state index contributed by atoms with van der Waals surface area (Å²) in [5.41, 5.74) is 0.512. The highest BCUT2D eigenvalue weighted by Crippen LogP contribution is 2.35. The third-order valence-corrected chi connectivity index (χ3v) is 6.68. The maximum absolute atomic E-state index is 13.7. The first kappa shape index (κ1) is 19.0. The number of hydrogen-bond donors (Lipinski definition) is 2. The second-order valence-electron chi connectivity index (χ2n) is 5.45. The van der Waals surface area contributed by atoms with E-state index < -0.39 is 35.5 Å². The summed E-state index contributed by atoms with van der Waals surface area (Å²) < 4.78 is 64.5. The number of aromatic nitrogens is 1. The molecule has 1 heterocycles. The lowest BCUT2D eigenvalue weighted by molar-refractivity contribution is 0.568. The van der Waals surface area contributed by atoms with E-state index in [2.05, 4.69) is 9.71 Å². The van der Waals surface area contributed by atoms with Crippen molar-refractivity contribution in [1.29, 1.82) is 0 Å². The number of halogens is 3. The van der Waals surface area contributed by atoms with Crippen molar-refractivity contribution in [2.24, 2.45) is 0 Å². The van der Waals surface area contributed by atoms with E-state index >= 15 is 0 Å². The Labute approximate surface area is 158 Å². The summed E-state index contributed by atoms with van der Waals surface area (Å²) in [5.74, 6) is -1.03. The normalized spacial score (nSPS) is 12.5. The van der Waals surface area contributed by atoms with E-state index in [-0.39, 0.29) is 5.69 Å². The molecule has 11 heteroatoms. The van der Waals surface area contributed by atoms with Crippen molar-refractivity contribution in [1.82, 2.24) is 4.98 Å². The lowest BCUT2D eigenvalue weighted by Crippen LogP contribution is -2.14. The summed E-state index contributed by atoms with van der Waals surface area (Å²) in [5, 5.41) is 1.08. The van der Waals surface area contributed by atoms with E-state index in [0.29, 0.717) is 20.9 Å². The van der Waals surface area contributed by atoms with Crippen LogP contribution in [0.3, 0.4) is 0 Å². The third-order valence-electron chi connectivity index (χ3n) is 3.59. The van der Waals surface area contributed by atoms with Crippen LogP contribution in [0.2, 0.25) is 10.0 Å². The van der Waals surface area contributed by atoms with E-state index in [1.807, 2.05) is 0 Å². The molecule has 0 radical (unpaired) electrons. The molecule has 3 aromatic rings. The van der Waals surface area contributed by atoms with Crippen molar-refractivity contribution in [2.75, 3.05) is 11.0 Å². The topological polar surface area (TPSA) is 96.1 Å². The summed E-state index contributed by atoms with van der Waals surface area (Å²) >= 11 is 12.1. The molecule has 0 atom stereocenters. The van der Waals surface area contributed by atoms with Gasteiger partial charge in [-0.2, -0.15) is 0 Å². The van der Waals surface area contributed by atoms with Crippen LogP contribution in [0.1, 0.15) is 0 Å². The smallest absolute Gasteiger partial charge is 0.262 e. The Morgan fingerprint density at radius 3 is 2.38 bits per heavy atom. The molecule has 0 aliphatic heterocycles. The van der Waals surface area contributed by atoms with Gasteiger partial charge in [0.15, 0.2) is 9.84 Å². The van der Waals surface area contributed by atoms with Crippen LogP contribution < -0.4 is 4.72 Å². The van der Waals surface area contributed by atoms with Gasteiger partial charge in [0.05, 0.1) is 26.1 Å². The van der Waals surface area contributed by atoms with Gasteiger partial charge in [-0.3, -0.25) is 4.72 Å². The second-order valence-corrected chi connectivity index (χ2v) is 9.93. The van der Waals surface area contributed by atoms with Gasteiger partial charge in [0, 0.05) is 17.8 Å². The molecule has 0 spiro atoms. The van der Waals surface area contributed by atoms with Crippen LogP contribution in [0, 0.1) is 5.82 Å². The number of sulfone groups is 1. The zero-order valence-corrected chi connectivity index (χ0v) is 16.2. The Bertz CT molecular complexity index is 1240. The van der Waals surface area contributed by atoms with Gasteiger partial charge in [-0.1, -0.05) is 23.2 Å². The Morgan fingerprint density at radius 2 is 1.73 bits per heavy atom. The Hall–Kier alpha value is -1.81. The lowest BCUT2D eigenvalue weighted by atomic mass is 10.2. The fraction of sp³-hybridized carbons (Fsp3) is 0.0667. The summed E-state index contributed by atoms with van der Waals surface area (Å²) in [6.45, 7) is 0. The number of H-pyrrole nitrogens is 1. The van der Waals surface area contributed by atoms with Crippen molar-refractivity contribution >= 4 is 59.7 Å². The number of rotatable bonds is 4. The van der Waals surface area contributed by atoms with E-state index in [9.17, 15) is 21.2 Å². The molecular formula is C15H11Cl2FN2O4S2. The first-order chi connectivity index (χ1) is 12.0. The monoisotopic (exact) mass is 436 g/mol. The quantitative estimate of drug-likeness (QED) is 0.649. The van der Waals surface area contributed by atoms with Gasteiger partial charge in [0.1, 0.15) is 10.7 Å². The van der Waals surface area contributed by atoms with Gasteiger partial charge in [0.25, 0.3) is 10.0 Å². The van der Waals surface area contributed by atoms with Gasteiger partial charge < -0.3 is 4.98 Å². The van der Waals surface area contributed by atoms with Crippen molar-refractivity contribution in [3.63, 3.8) is 0 Å². The molecule has 6 nitrogen and oxygen atoms in total. The lowest BCUT2D eigenvalue weighted by Gasteiger charge is -2.11. The minimum Gasteiger partial charge on any atom is -0.358 e. The highest BCUT2D eigenvalue weighted by Gasteiger charge is 2.22. The zero-order chi connectivity index (χ0) is 19.3. The maximum atomic E-state index is 13.7. The van der Waals surface area contributed by atoms with Gasteiger partial charge in [-0.15, -0.1) is 0 Å². The summed E-state index contributed by atoms with van der Waals surface area (Å²) in [7, 11) is -8.13. The van der Waals surface area contributed by atoms with E-state index in [4.69, 9.17) is 23.2 Å². The predicted molar refractivity (Wildman–Crippen MR) is 98.6 cm³/mol. The highest BCUT2D eigenvalue weighted by atomic mass is 35.5. The number of aromatic amines is 1. The van der Waals surface area contributed by atoms with Crippen LogP contribution in [-0.2, 0) is 19.9 Å². The van der Waals surface area contributed by atoms with Gasteiger partial charge in [0.2, 0.25) is 0 Å². The zero-order valence-electron chi connectivity index (χ0n) is 13.0. The molecule has 26 heavy (non-hydrogen) atoms. The summed E-state index contributed by atoms with van der Waals surface area (Å²) in [4.78, 5) is 1.71. The molecular weight excluding hydrogens is 426 g/mol. The standard InChI is InChI=1S/C15H11Cl2FN2O4S2/c1-25(21,22)13-6-8(2-4-11(13)18)26(23,24)20-12-5-3-9(16)14-10(17)7-19-15(12)14/h2-7,19-20H,1H3.